The molecule has 2 nitrogen and oxygen atoms in total. The molecule has 0 heterocycles. The largest absolute Gasteiger partial charge is 0.481 e. The number of carboxylic acid groups (broad SMARTS) is 1. The Balaban J connectivity index is 2.35. The Morgan fingerprint density at radius 3 is 3.00 bits per heavy atom. The molecular weight excluding hydrogens is 267 g/mol. The van der Waals surface area contributed by atoms with E-state index in [2.05, 4.69) is 34.7 Å². The lowest BCUT2D eigenvalue weighted by Gasteiger charge is -2.09. The normalized spacial score (nSPS) is 22.1. The summed E-state index contributed by atoms with van der Waals surface area (Å²) in [6.45, 7) is 0. The molecule has 12 heavy (non-hydrogen) atoms. The van der Waals surface area contributed by atoms with Crippen molar-refractivity contribution in [2.75, 3.05) is 0 Å². The molecular formula is C9H11IO2. The Morgan fingerprint density at radius 1 is 1.75 bits per heavy atom. The van der Waals surface area contributed by atoms with E-state index in [-0.39, 0.29) is 6.42 Å². The molecule has 1 N–H and O–H groups in total. The Labute approximate surface area is 85.5 Å². The van der Waals surface area contributed by atoms with Gasteiger partial charge in [-0.25, -0.2) is 0 Å². The van der Waals surface area contributed by atoms with Gasteiger partial charge in [0.05, 0.1) is 0 Å². The molecule has 1 aliphatic carbocycles. The van der Waals surface area contributed by atoms with Crippen molar-refractivity contribution in [3.8, 4) is 0 Å². The number of allylic oxidation sites excluding steroid dienone is 4. The highest BCUT2D eigenvalue weighted by atomic mass is 127. The lowest BCUT2D eigenvalue weighted by molar-refractivity contribution is -0.136. The Hall–Kier alpha value is -0.320. The standard InChI is InChI=1S/C9H11IO2/c10-8-4-1-7(2-5-8)3-6-9(11)12/h1-2,4,8H,3,5-6H2,(H,11,12). The second kappa shape index (κ2) is 4.64. The van der Waals surface area contributed by atoms with Crippen LogP contribution in [0.2, 0.25) is 0 Å². The van der Waals surface area contributed by atoms with Crippen LogP contribution in [-0.2, 0) is 4.79 Å². The fourth-order valence-corrected chi connectivity index (χ4v) is 1.54. The third kappa shape index (κ3) is 3.38. The molecule has 66 valence electrons. The summed E-state index contributed by atoms with van der Waals surface area (Å²) in [4.78, 5) is 10.3. The van der Waals surface area contributed by atoms with Gasteiger partial charge in [-0.1, -0.05) is 46.4 Å². The predicted molar refractivity (Wildman–Crippen MR) is 56.5 cm³/mol. The zero-order chi connectivity index (χ0) is 8.97. The molecule has 1 rings (SSSR count). The maximum absolute atomic E-state index is 10.3. The molecule has 0 spiro atoms. The van der Waals surface area contributed by atoms with Crippen molar-refractivity contribution in [1.29, 1.82) is 0 Å². The third-order valence-corrected chi connectivity index (χ3v) is 2.68. The zero-order valence-electron chi connectivity index (χ0n) is 6.66. The van der Waals surface area contributed by atoms with Gasteiger partial charge in [-0.2, -0.15) is 0 Å². The molecule has 0 saturated heterocycles. The van der Waals surface area contributed by atoms with E-state index in [1.807, 2.05) is 6.08 Å². The molecule has 0 aromatic carbocycles. The predicted octanol–water partition coefficient (Wildman–Crippen LogP) is 2.54. The molecule has 0 aliphatic heterocycles. The van der Waals surface area contributed by atoms with Crippen molar-refractivity contribution in [3.05, 3.63) is 23.8 Å². The number of carboxylic acids is 1. The Bertz CT molecular complexity index is 231. The molecule has 0 aromatic rings. The number of aliphatic carboxylic acids is 1. The summed E-state index contributed by atoms with van der Waals surface area (Å²) < 4.78 is 0.580. The maximum atomic E-state index is 10.3. The highest BCUT2D eigenvalue weighted by Gasteiger charge is 2.05. The first-order chi connectivity index (χ1) is 5.68. The van der Waals surface area contributed by atoms with Crippen molar-refractivity contribution >= 4 is 28.6 Å². The molecule has 0 saturated carbocycles. The number of rotatable bonds is 3. The van der Waals surface area contributed by atoms with Crippen molar-refractivity contribution in [1.82, 2.24) is 0 Å². The minimum atomic E-state index is -0.721. The van der Waals surface area contributed by atoms with Crippen LogP contribution in [-0.4, -0.2) is 15.0 Å². The first-order valence-corrected chi connectivity index (χ1v) is 5.16. The van der Waals surface area contributed by atoms with E-state index in [0.717, 1.165) is 12.0 Å². The zero-order valence-corrected chi connectivity index (χ0v) is 8.82. The summed E-state index contributed by atoms with van der Waals surface area (Å²) >= 11 is 2.36. The minimum Gasteiger partial charge on any atom is -0.481 e. The van der Waals surface area contributed by atoms with Crippen LogP contribution >= 0.6 is 22.6 Å². The van der Waals surface area contributed by atoms with Crippen LogP contribution in [0.3, 0.4) is 0 Å². The summed E-state index contributed by atoms with van der Waals surface area (Å²) in [5.41, 5.74) is 1.16. The summed E-state index contributed by atoms with van der Waals surface area (Å²) in [6.07, 6.45) is 8.21. The second-order valence-corrected chi connectivity index (χ2v) is 4.38. The van der Waals surface area contributed by atoms with Crippen LogP contribution in [0.4, 0.5) is 0 Å². The van der Waals surface area contributed by atoms with Gasteiger partial charge >= 0.3 is 5.97 Å². The average molecular weight is 278 g/mol. The first kappa shape index (κ1) is 9.77. The number of hydrogen-bond acceptors (Lipinski definition) is 1. The van der Waals surface area contributed by atoms with Gasteiger partial charge in [-0.05, 0) is 12.8 Å². The monoisotopic (exact) mass is 278 g/mol. The Kier molecular flexibility index (Phi) is 3.78. The minimum absolute atomic E-state index is 0.238. The molecule has 0 bridgehead atoms. The lowest BCUT2D eigenvalue weighted by atomic mass is 10.0. The average Bonchev–Trinajstić information content (AvgIpc) is 2.03. The van der Waals surface area contributed by atoms with Crippen LogP contribution in [0.5, 0.6) is 0 Å². The maximum Gasteiger partial charge on any atom is 0.303 e. The molecule has 1 aliphatic rings. The van der Waals surface area contributed by atoms with E-state index in [0.29, 0.717) is 10.3 Å². The van der Waals surface area contributed by atoms with Gasteiger partial charge in [-0.15, -0.1) is 0 Å². The summed E-state index contributed by atoms with van der Waals surface area (Å²) in [5, 5.41) is 8.44. The molecule has 1 unspecified atom stereocenters. The van der Waals surface area contributed by atoms with Crippen LogP contribution in [0.25, 0.3) is 0 Å². The van der Waals surface area contributed by atoms with Gasteiger partial charge < -0.3 is 5.11 Å². The van der Waals surface area contributed by atoms with E-state index in [9.17, 15) is 4.79 Å². The van der Waals surface area contributed by atoms with Crippen molar-refractivity contribution in [2.45, 2.75) is 23.2 Å². The molecule has 0 aromatic heterocycles. The third-order valence-electron chi connectivity index (χ3n) is 1.75. The number of halogens is 1. The number of alkyl halides is 1. The summed E-state index contributed by atoms with van der Waals surface area (Å²) in [5.74, 6) is -0.721. The van der Waals surface area contributed by atoms with Crippen LogP contribution in [0, 0.1) is 0 Å². The molecule has 1 atom stereocenters. The van der Waals surface area contributed by atoms with E-state index in [1.54, 1.807) is 0 Å². The Morgan fingerprint density at radius 2 is 2.50 bits per heavy atom. The molecule has 3 heteroatoms. The van der Waals surface area contributed by atoms with E-state index >= 15 is 0 Å². The summed E-state index contributed by atoms with van der Waals surface area (Å²) in [6, 6.07) is 0. The number of carbonyl (C=O) groups is 1. The van der Waals surface area contributed by atoms with E-state index in [1.165, 1.54) is 0 Å². The first-order valence-electron chi connectivity index (χ1n) is 3.91. The fraction of sp³-hybridized carbons (Fsp3) is 0.444. The topological polar surface area (TPSA) is 37.3 Å². The van der Waals surface area contributed by atoms with Gasteiger partial charge in [0.2, 0.25) is 0 Å². The van der Waals surface area contributed by atoms with Crippen LogP contribution in [0.15, 0.2) is 23.8 Å². The van der Waals surface area contributed by atoms with Crippen LogP contribution < -0.4 is 0 Å². The highest BCUT2D eigenvalue weighted by molar-refractivity contribution is 14.1. The SMILES string of the molecule is O=C(O)CCC1=CCC(I)C=C1. The van der Waals surface area contributed by atoms with Crippen molar-refractivity contribution < 1.29 is 9.90 Å². The van der Waals surface area contributed by atoms with Crippen molar-refractivity contribution in [3.63, 3.8) is 0 Å². The van der Waals surface area contributed by atoms with Gasteiger partial charge in [0.1, 0.15) is 0 Å². The van der Waals surface area contributed by atoms with Gasteiger partial charge in [0.15, 0.2) is 0 Å². The summed E-state index contributed by atoms with van der Waals surface area (Å²) in [7, 11) is 0. The van der Waals surface area contributed by atoms with Gasteiger partial charge in [0.25, 0.3) is 0 Å². The number of hydrogen-bond donors (Lipinski definition) is 1. The van der Waals surface area contributed by atoms with Gasteiger partial charge in [0, 0.05) is 10.3 Å². The van der Waals surface area contributed by atoms with E-state index in [4.69, 9.17) is 5.11 Å². The molecule has 0 fully saturated rings. The molecule has 0 radical (unpaired) electrons. The van der Waals surface area contributed by atoms with Crippen LogP contribution in [0.1, 0.15) is 19.3 Å². The van der Waals surface area contributed by atoms with Crippen molar-refractivity contribution in [2.24, 2.45) is 0 Å². The highest BCUT2D eigenvalue weighted by Crippen LogP contribution is 2.19. The smallest absolute Gasteiger partial charge is 0.303 e. The fourth-order valence-electron chi connectivity index (χ4n) is 1.08. The van der Waals surface area contributed by atoms with Gasteiger partial charge in [-0.3, -0.25) is 4.79 Å². The second-order valence-electron chi connectivity index (χ2n) is 2.78. The molecule has 0 amide bonds. The quantitative estimate of drug-likeness (QED) is 0.636. The van der Waals surface area contributed by atoms with E-state index < -0.39 is 5.97 Å². The lowest BCUT2D eigenvalue weighted by Crippen LogP contribution is -1.99.